The third kappa shape index (κ3) is 6.29. The van der Waals surface area contributed by atoms with Crippen LogP contribution in [0.2, 0.25) is 5.02 Å². The lowest BCUT2D eigenvalue weighted by Crippen LogP contribution is -2.31. The first kappa shape index (κ1) is 21.3. The molecule has 3 aromatic rings. The van der Waals surface area contributed by atoms with Gasteiger partial charge in [-0.15, -0.1) is 0 Å². The van der Waals surface area contributed by atoms with Crippen molar-refractivity contribution in [3.8, 4) is 0 Å². The molecule has 1 fully saturated rings. The molecule has 6 heteroatoms. The lowest BCUT2D eigenvalue weighted by Gasteiger charge is -2.23. The molecule has 1 aliphatic heterocycles. The number of hydrogen-bond acceptors (Lipinski definition) is 4. The van der Waals surface area contributed by atoms with Crippen LogP contribution in [0.1, 0.15) is 17.5 Å². The highest BCUT2D eigenvalue weighted by Gasteiger charge is 2.16. The number of anilines is 2. The van der Waals surface area contributed by atoms with Gasteiger partial charge < -0.3 is 10.2 Å². The van der Waals surface area contributed by atoms with Crippen LogP contribution in [0.25, 0.3) is 0 Å². The number of nitrogens with one attached hydrogen (secondary N) is 1. The molecule has 2 heterocycles. The Balaban J connectivity index is 1.29. The molecule has 1 N–H and O–H groups in total. The summed E-state index contributed by atoms with van der Waals surface area (Å²) in [4.78, 5) is 21.6. The minimum absolute atomic E-state index is 0.0339. The van der Waals surface area contributed by atoms with Crippen LogP contribution in [-0.4, -0.2) is 42.0 Å². The van der Waals surface area contributed by atoms with Gasteiger partial charge in [0.15, 0.2) is 0 Å². The van der Waals surface area contributed by atoms with Crippen molar-refractivity contribution in [3.05, 3.63) is 89.1 Å². The molecular formula is C25H27ClN4O. The molecule has 0 unspecified atom stereocenters. The second kappa shape index (κ2) is 10.4. The number of aromatic nitrogens is 1. The standard InChI is InChI=1S/C25H27ClN4O/c26-22-9-7-21(8-10-22)19-29-13-4-14-30(16-15-29)24-12-11-23(18-27-24)28-25(31)17-20-5-2-1-3-6-20/h1-3,5-12,18H,4,13-17,19H2,(H,28,31). The molecule has 31 heavy (non-hydrogen) atoms. The topological polar surface area (TPSA) is 48.5 Å². The molecule has 0 saturated carbocycles. The summed E-state index contributed by atoms with van der Waals surface area (Å²) in [7, 11) is 0. The van der Waals surface area contributed by atoms with Crippen LogP contribution < -0.4 is 10.2 Å². The van der Waals surface area contributed by atoms with Crippen LogP contribution in [0.5, 0.6) is 0 Å². The van der Waals surface area contributed by atoms with Gasteiger partial charge >= 0.3 is 0 Å². The molecule has 0 radical (unpaired) electrons. The first-order valence-corrected chi connectivity index (χ1v) is 11.0. The molecule has 1 aliphatic rings. The number of carbonyl (C=O) groups excluding carboxylic acids is 1. The Morgan fingerprint density at radius 2 is 1.71 bits per heavy atom. The Kier molecular flexibility index (Phi) is 7.18. The van der Waals surface area contributed by atoms with Crippen molar-refractivity contribution >= 4 is 29.0 Å². The van der Waals surface area contributed by atoms with E-state index in [9.17, 15) is 4.79 Å². The fraction of sp³-hybridized carbons (Fsp3) is 0.280. The van der Waals surface area contributed by atoms with Crippen molar-refractivity contribution in [2.75, 3.05) is 36.4 Å². The van der Waals surface area contributed by atoms with E-state index in [1.54, 1.807) is 6.20 Å². The highest BCUT2D eigenvalue weighted by molar-refractivity contribution is 6.30. The zero-order valence-corrected chi connectivity index (χ0v) is 18.3. The van der Waals surface area contributed by atoms with Crippen molar-refractivity contribution in [1.82, 2.24) is 9.88 Å². The lowest BCUT2D eigenvalue weighted by atomic mass is 10.1. The van der Waals surface area contributed by atoms with E-state index in [2.05, 4.69) is 32.2 Å². The van der Waals surface area contributed by atoms with E-state index in [0.29, 0.717) is 6.42 Å². The number of hydrogen-bond donors (Lipinski definition) is 1. The van der Waals surface area contributed by atoms with Crippen molar-refractivity contribution in [3.63, 3.8) is 0 Å². The molecular weight excluding hydrogens is 408 g/mol. The SMILES string of the molecule is O=C(Cc1ccccc1)Nc1ccc(N2CCCN(Cc3ccc(Cl)cc3)CC2)nc1. The predicted octanol–water partition coefficient (Wildman–Crippen LogP) is 4.63. The van der Waals surface area contributed by atoms with E-state index >= 15 is 0 Å². The van der Waals surface area contributed by atoms with Gasteiger partial charge in [-0.2, -0.15) is 0 Å². The summed E-state index contributed by atoms with van der Waals surface area (Å²) in [6.07, 6.45) is 3.19. The maximum Gasteiger partial charge on any atom is 0.228 e. The maximum absolute atomic E-state index is 12.3. The number of benzene rings is 2. The Morgan fingerprint density at radius 3 is 2.45 bits per heavy atom. The van der Waals surface area contributed by atoms with Crippen LogP contribution in [0, 0.1) is 0 Å². The van der Waals surface area contributed by atoms with Gasteiger partial charge in [-0.3, -0.25) is 9.69 Å². The molecule has 1 aromatic heterocycles. The van der Waals surface area contributed by atoms with E-state index in [1.165, 1.54) is 5.56 Å². The van der Waals surface area contributed by atoms with E-state index < -0.39 is 0 Å². The minimum Gasteiger partial charge on any atom is -0.355 e. The van der Waals surface area contributed by atoms with Gasteiger partial charge in [0, 0.05) is 37.7 Å². The summed E-state index contributed by atoms with van der Waals surface area (Å²) < 4.78 is 0. The lowest BCUT2D eigenvalue weighted by molar-refractivity contribution is -0.115. The van der Waals surface area contributed by atoms with E-state index in [-0.39, 0.29) is 5.91 Å². The second-order valence-corrected chi connectivity index (χ2v) is 8.30. The summed E-state index contributed by atoms with van der Waals surface area (Å²) in [6.45, 7) is 4.89. The number of nitrogens with zero attached hydrogens (tertiary/aromatic N) is 3. The molecule has 4 rings (SSSR count). The summed E-state index contributed by atoms with van der Waals surface area (Å²) in [5, 5.41) is 3.71. The Morgan fingerprint density at radius 1 is 0.903 bits per heavy atom. The average Bonchev–Trinajstić information content (AvgIpc) is 3.02. The molecule has 0 spiro atoms. The molecule has 0 atom stereocenters. The van der Waals surface area contributed by atoms with Gasteiger partial charge in [0.25, 0.3) is 0 Å². The number of pyridine rings is 1. The van der Waals surface area contributed by atoms with Crippen LogP contribution in [0.15, 0.2) is 72.9 Å². The second-order valence-electron chi connectivity index (χ2n) is 7.86. The Bertz CT molecular complexity index is 977. The van der Waals surface area contributed by atoms with Gasteiger partial charge in [0.05, 0.1) is 18.3 Å². The van der Waals surface area contributed by atoms with Gasteiger partial charge in [0.1, 0.15) is 5.82 Å². The van der Waals surface area contributed by atoms with Gasteiger partial charge in [-0.1, -0.05) is 54.1 Å². The normalized spacial score (nSPS) is 14.8. The van der Waals surface area contributed by atoms with Crippen LogP contribution in [0.3, 0.4) is 0 Å². The number of amides is 1. The minimum atomic E-state index is -0.0339. The van der Waals surface area contributed by atoms with Crippen molar-refractivity contribution in [2.24, 2.45) is 0 Å². The number of rotatable bonds is 6. The largest absolute Gasteiger partial charge is 0.355 e. The quantitative estimate of drug-likeness (QED) is 0.614. The third-order valence-electron chi connectivity index (χ3n) is 5.47. The van der Waals surface area contributed by atoms with Gasteiger partial charge in [-0.25, -0.2) is 4.98 Å². The van der Waals surface area contributed by atoms with Crippen LogP contribution >= 0.6 is 11.6 Å². The molecule has 1 saturated heterocycles. The van der Waals surface area contributed by atoms with E-state index in [0.717, 1.165) is 61.2 Å². The average molecular weight is 435 g/mol. The highest BCUT2D eigenvalue weighted by atomic mass is 35.5. The fourth-order valence-electron chi connectivity index (χ4n) is 3.84. The molecule has 1 amide bonds. The smallest absolute Gasteiger partial charge is 0.228 e. The molecule has 0 aliphatic carbocycles. The fourth-order valence-corrected chi connectivity index (χ4v) is 3.97. The molecule has 160 valence electrons. The molecule has 2 aromatic carbocycles. The van der Waals surface area contributed by atoms with E-state index in [4.69, 9.17) is 11.6 Å². The zero-order valence-electron chi connectivity index (χ0n) is 17.5. The zero-order chi connectivity index (χ0) is 21.5. The van der Waals surface area contributed by atoms with Gasteiger partial charge in [0.2, 0.25) is 5.91 Å². The monoisotopic (exact) mass is 434 g/mol. The predicted molar refractivity (Wildman–Crippen MR) is 127 cm³/mol. The van der Waals surface area contributed by atoms with Crippen molar-refractivity contribution in [2.45, 2.75) is 19.4 Å². The molecule has 0 bridgehead atoms. The molecule has 5 nitrogen and oxygen atoms in total. The number of halogens is 1. The third-order valence-corrected chi connectivity index (χ3v) is 5.72. The first-order chi connectivity index (χ1) is 15.2. The Labute approximate surface area is 188 Å². The summed E-state index contributed by atoms with van der Waals surface area (Å²) in [5.41, 5.74) is 3.01. The Hall–Kier alpha value is -2.89. The summed E-state index contributed by atoms with van der Waals surface area (Å²) in [5.74, 6) is 0.919. The summed E-state index contributed by atoms with van der Waals surface area (Å²) in [6, 6.07) is 21.8. The van der Waals surface area contributed by atoms with Crippen molar-refractivity contribution in [1.29, 1.82) is 0 Å². The van der Waals surface area contributed by atoms with Gasteiger partial charge in [-0.05, 0) is 41.8 Å². The number of carbonyl (C=O) groups is 1. The van der Waals surface area contributed by atoms with Crippen LogP contribution in [-0.2, 0) is 17.8 Å². The first-order valence-electron chi connectivity index (χ1n) is 10.7. The maximum atomic E-state index is 12.3. The highest BCUT2D eigenvalue weighted by Crippen LogP contribution is 2.18. The van der Waals surface area contributed by atoms with Crippen molar-refractivity contribution < 1.29 is 4.79 Å². The van der Waals surface area contributed by atoms with Crippen LogP contribution in [0.4, 0.5) is 11.5 Å². The summed E-state index contributed by atoms with van der Waals surface area (Å²) >= 11 is 5.99. The van der Waals surface area contributed by atoms with E-state index in [1.807, 2.05) is 54.6 Å².